The lowest BCUT2D eigenvalue weighted by molar-refractivity contribution is 0.0789. The van der Waals surface area contributed by atoms with Crippen molar-refractivity contribution in [2.45, 2.75) is 32.4 Å². The van der Waals surface area contributed by atoms with E-state index in [4.69, 9.17) is 4.74 Å². The van der Waals surface area contributed by atoms with Crippen molar-refractivity contribution < 1.29 is 9.53 Å². The number of ether oxygens (including phenoxy) is 1. The predicted octanol–water partition coefficient (Wildman–Crippen LogP) is 3.32. The second-order valence-electron chi connectivity index (χ2n) is 6.56. The van der Waals surface area contributed by atoms with Crippen LogP contribution in [0.1, 0.15) is 33.1 Å². The number of fused-ring (bicyclic) bond motifs is 1. The van der Waals surface area contributed by atoms with E-state index in [2.05, 4.69) is 20.3 Å². The van der Waals surface area contributed by atoms with Crippen molar-refractivity contribution in [2.24, 2.45) is 0 Å². The van der Waals surface area contributed by atoms with E-state index in [1.54, 1.807) is 35.8 Å². The summed E-state index contributed by atoms with van der Waals surface area (Å²) in [5.74, 6) is 0.752. The highest BCUT2D eigenvalue weighted by molar-refractivity contribution is 7.20. The summed E-state index contributed by atoms with van der Waals surface area (Å²) in [6.07, 6.45) is 5.69. The Hall–Kier alpha value is -2.10. The fourth-order valence-corrected chi connectivity index (χ4v) is 5.02. The van der Waals surface area contributed by atoms with Gasteiger partial charge in [-0.1, -0.05) is 0 Å². The molecule has 4 rings (SSSR count). The molecule has 27 heavy (non-hydrogen) atoms. The van der Waals surface area contributed by atoms with Crippen LogP contribution in [0.4, 0.5) is 5.82 Å². The standard InChI is InChI=1S/C18H21N5O2S2/c1-11-14-16(20-8-12-4-3-6-25-12)21-10-22-17(14)27-15(11)18(24)23(2)9-13-19-5-7-26-13/h5,7,10,12H,3-4,6,8-9H2,1-2H3,(H,20,21,22). The first-order valence-electron chi connectivity index (χ1n) is 8.87. The largest absolute Gasteiger partial charge is 0.376 e. The Bertz CT molecular complexity index is 935. The summed E-state index contributed by atoms with van der Waals surface area (Å²) in [5.41, 5.74) is 0.918. The normalized spacial score (nSPS) is 16.7. The number of rotatable bonds is 6. The van der Waals surface area contributed by atoms with Crippen molar-refractivity contribution in [2.75, 3.05) is 25.5 Å². The monoisotopic (exact) mass is 403 g/mol. The van der Waals surface area contributed by atoms with Gasteiger partial charge in [-0.3, -0.25) is 4.79 Å². The number of thiazole rings is 1. The van der Waals surface area contributed by atoms with E-state index in [0.717, 1.165) is 46.1 Å². The molecule has 4 heterocycles. The Kier molecular flexibility index (Phi) is 5.33. The van der Waals surface area contributed by atoms with Crippen LogP contribution in [0.25, 0.3) is 10.2 Å². The van der Waals surface area contributed by atoms with E-state index in [0.29, 0.717) is 18.0 Å². The van der Waals surface area contributed by atoms with Crippen molar-refractivity contribution >= 4 is 44.6 Å². The summed E-state index contributed by atoms with van der Waals surface area (Å²) in [6.45, 7) is 4.01. The van der Waals surface area contributed by atoms with Gasteiger partial charge in [0.05, 0.1) is 22.9 Å². The van der Waals surface area contributed by atoms with Crippen LogP contribution < -0.4 is 5.32 Å². The van der Waals surface area contributed by atoms with Gasteiger partial charge in [-0.05, 0) is 25.3 Å². The number of hydrogen-bond donors (Lipinski definition) is 1. The molecule has 1 aliphatic rings. The van der Waals surface area contributed by atoms with Gasteiger partial charge in [-0.25, -0.2) is 15.0 Å². The number of thiophene rings is 1. The SMILES string of the molecule is Cc1c(C(=O)N(C)Cc2nccs2)sc2ncnc(NCC3CCCO3)c12. The third kappa shape index (κ3) is 3.80. The third-order valence-corrected chi connectivity index (χ3v) is 6.60. The molecule has 0 aromatic carbocycles. The highest BCUT2D eigenvalue weighted by atomic mass is 32.1. The molecule has 0 aliphatic carbocycles. The Morgan fingerprint density at radius 3 is 3.04 bits per heavy atom. The maximum absolute atomic E-state index is 13.0. The van der Waals surface area contributed by atoms with Gasteiger partial charge in [-0.2, -0.15) is 0 Å². The van der Waals surface area contributed by atoms with Gasteiger partial charge >= 0.3 is 0 Å². The van der Waals surface area contributed by atoms with Crippen molar-refractivity contribution in [3.8, 4) is 0 Å². The van der Waals surface area contributed by atoms with Crippen molar-refractivity contribution in [3.63, 3.8) is 0 Å². The molecule has 1 fully saturated rings. The van der Waals surface area contributed by atoms with Crippen molar-refractivity contribution in [1.82, 2.24) is 19.9 Å². The number of hydrogen-bond acceptors (Lipinski definition) is 8. The maximum atomic E-state index is 13.0. The molecule has 3 aromatic rings. The molecule has 142 valence electrons. The minimum Gasteiger partial charge on any atom is -0.376 e. The summed E-state index contributed by atoms with van der Waals surface area (Å²) < 4.78 is 5.67. The molecule has 7 nitrogen and oxygen atoms in total. The number of anilines is 1. The molecule has 1 unspecified atom stereocenters. The number of amides is 1. The first-order valence-corrected chi connectivity index (χ1v) is 10.6. The van der Waals surface area contributed by atoms with Crippen LogP contribution in [-0.4, -0.2) is 52.1 Å². The van der Waals surface area contributed by atoms with Crippen LogP contribution in [0.5, 0.6) is 0 Å². The molecule has 0 bridgehead atoms. The Balaban J connectivity index is 1.57. The van der Waals surface area contributed by atoms with E-state index < -0.39 is 0 Å². The average molecular weight is 404 g/mol. The second-order valence-corrected chi connectivity index (χ2v) is 8.54. The first-order chi connectivity index (χ1) is 13.1. The van der Waals surface area contributed by atoms with Gasteiger partial charge in [-0.15, -0.1) is 22.7 Å². The van der Waals surface area contributed by atoms with E-state index >= 15 is 0 Å². The quantitative estimate of drug-likeness (QED) is 0.680. The van der Waals surface area contributed by atoms with Gasteiger partial charge in [0, 0.05) is 31.8 Å². The lowest BCUT2D eigenvalue weighted by Crippen LogP contribution is -2.25. The number of carbonyl (C=O) groups is 1. The molecule has 0 radical (unpaired) electrons. The predicted molar refractivity (Wildman–Crippen MR) is 108 cm³/mol. The summed E-state index contributed by atoms with van der Waals surface area (Å²) in [5, 5.41) is 7.14. The van der Waals surface area contributed by atoms with Crippen LogP contribution in [0, 0.1) is 6.92 Å². The van der Waals surface area contributed by atoms with E-state index in [-0.39, 0.29) is 12.0 Å². The van der Waals surface area contributed by atoms with E-state index in [1.807, 2.05) is 12.3 Å². The van der Waals surface area contributed by atoms with Crippen LogP contribution in [0.3, 0.4) is 0 Å². The highest BCUT2D eigenvalue weighted by Crippen LogP contribution is 2.34. The summed E-state index contributed by atoms with van der Waals surface area (Å²) >= 11 is 2.96. The molecule has 3 aromatic heterocycles. The number of nitrogens with zero attached hydrogens (tertiary/aromatic N) is 4. The van der Waals surface area contributed by atoms with Crippen LogP contribution >= 0.6 is 22.7 Å². The zero-order chi connectivity index (χ0) is 18.8. The smallest absolute Gasteiger partial charge is 0.264 e. The molecule has 1 amide bonds. The lowest BCUT2D eigenvalue weighted by Gasteiger charge is -2.15. The summed E-state index contributed by atoms with van der Waals surface area (Å²) in [4.78, 5) is 29.2. The number of aromatic nitrogens is 3. The van der Waals surface area contributed by atoms with Crippen LogP contribution in [0.2, 0.25) is 0 Å². The molecular weight excluding hydrogens is 382 g/mol. The van der Waals surface area contributed by atoms with Gasteiger partial charge in [0.15, 0.2) is 0 Å². The second kappa shape index (κ2) is 7.87. The number of aryl methyl sites for hydroxylation is 1. The lowest BCUT2D eigenvalue weighted by atomic mass is 10.2. The van der Waals surface area contributed by atoms with Gasteiger partial charge in [0.1, 0.15) is 22.0 Å². The number of nitrogens with one attached hydrogen (secondary N) is 1. The average Bonchev–Trinajstić information content (AvgIpc) is 3.41. The minimum atomic E-state index is -0.0178. The summed E-state index contributed by atoms with van der Waals surface area (Å²) in [6, 6.07) is 0. The van der Waals surface area contributed by atoms with E-state index in [9.17, 15) is 4.79 Å². The fourth-order valence-electron chi connectivity index (χ4n) is 3.20. The van der Waals surface area contributed by atoms with Gasteiger partial charge < -0.3 is 15.0 Å². The van der Waals surface area contributed by atoms with Gasteiger partial charge in [0.25, 0.3) is 5.91 Å². The van der Waals surface area contributed by atoms with Crippen LogP contribution in [0.15, 0.2) is 17.9 Å². The molecule has 1 saturated heterocycles. The Morgan fingerprint density at radius 2 is 2.30 bits per heavy atom. The summed E-state index contributed by atoms with van der Waals surface area (Å²) in [7, 11) is 1.80. The molecule has 1 atom stereocenters. The van der Waals surface area contributed by atoms with Crippen LogP contribution in [-0.2, 0) is 11.3 Å². The molecule has 1 N–H and O–H groups in total. The molecule has 1 aliphatic heterocycles. The molecule has 9 heteroatoms. The molecule has 0 spiro atoms. The fraction of sp³-hybridized carbons (Fsp3) is 0.444. The minimum absolute atomic E-state index is 0.0178. The van der Waals surface area contributed by atoms with Crippen molar-refractivity contribution in [3.05, 3.63) is 33.4 Å². The molecule has 0 saturated carbocycles. The third-order valence-electron chi connectivity index (χ3n) is 4.64. The van der Waals surface area contributed by atoms with Gasteiger partial charge in [0.2, 0.25) is 0 Å². The Labute approximate surface area is 165 Å². The topological polar surface area (TPSA) is 80.2 Å². The highest BCUT2D eigenvalue weighted by Gasteiger charge is 2.23. The zero-order valence-electron chi connectivity index (χ0n) is 15.3. The maximum Gasteiger partial charge on any atom is 0.264 e. The van der Waals surface area contributed by atoms with E-state index in [1.165, 1.54) is 11.3 Å². The zero-order valence-corrected chi connectivity index (χ0v) is 16.9. The first kappa shape index (κ1) is 18.3. The Morgan fingerprint density at radius 1 is 1.41 bits per heavy atom. The number of carbonyl (C=O) groups excluding carboxylic acids is 1. The molecular formula is C18H21N5O2S2. The van der Waals surface area contributed by atoms with Crippen molar-refractivity contribution in [1.29, 1.82) is 0 Å².